The normalized spacial score (nSPS) is 21.6. The first-order chi connectivity index (χ1) is 7.34. The molecule has 1 atom stereocenters. The molecule has 0 amide bonds. The minimum Gasteiger partial charge on any atom is -0.469 e. The van der Waals surface area contributed by atoms with Gasteiger partial charge in [-0.3, -0.25) is 4.79 Å². The van der Waals surface area contributed by atoms with E-state index in [0.717, 1.165) is 31.4 Å². The summed E-state index contributed by atoms with van der Waals surface area (Å²) >= 11 is 0. The number of carbonyl (C=O) groups excluding carboxylic acids is 1. The number of carbonyl (C=O) groups is 1. The molecule has 1 aliphatic carbocycles. The van der Waals surface area contributed by atoms with E-state index in [9.17, 15) is 4.79 Å². The van der Waals surface area contributed by atoms with Gasteiger partial charge in [0.25, 0.3) is 0 Å². The molecule has 1 heterocycles. The fourth-order valence-electron chi connectivity index (χ4n) is 1.98. The number of rotatable bonds is 3. The molecule has 0 aromatic carbocycles. The Balaban J connectivity index is 1.84. The summed E-state index contributed by atoms with van der Waals surface area (Å²) < 4.78 is 5.29. The van der Waals surface area contributed by atoms with E-state index in [0.29, 0.717) is 12.3 Å². The molecule has 1 aliphatic rings. The molecule has 2 heteroatoms. The molecule has 0 saturated heterocycles. The number of aryl methyl sites for hydroxylation is 1. The highest BCUT2D eigenvalue weighted by Gasteiger charge is 2.11. The van der Waals surface area contributed by atoms with Crippen LogP contribution in [0.25, 0.3) is 0 Å². The number of allylic oxidation sites excluding steroid dienone is 2. The first-order valence-electron chi connectivity index (χ1n) is 5.58. The lowest BCUT2D eigenvalue weighted by atomic mass is 9.97. The largest absolute Gasteiger partial charge is 0.469 e. The van der Waals surface area contributed by atoms with Crippen LogP contribution in [0.5, 0.6) is 0 Å². The minimum atomic E-state index is 0.274. The summed E-state index contributed by atoms with van der Waals surface area (Å²) in [7, 11) is 0. The average Bonchev–Trinajstić information content (AvgIpc) is 2.66. The van der Waals surface area contributed by atoms with Crippen LogP contribution in [0.1, 0.15) is 31.4 Å². The van der Waals surface area contributed by atoms with Crippen LogP contribution in [-0.2, 0) is 11.2 Å². The zero-order valence-corrected chi connectivity index (χ0v) is 8.82. The maximum Gasteiger partial charge on any atom is 0.155 e. The van der Waals surface area contributed by atoms with E-state index in [1.165, 1.54) is 0 Å². The summed E-state index contributed by atoms with van der Waals surface area (Å²) in [5, 5.41) is 0. The summed E-state index contributed by atoms with van der Waals surface area (Å²) in [5.74, 6) is 1.86. The van der Waals surface area contributed by atoms with Crippen molar-refractivity contribution in [3.8, 4) is 0 Å². The first kappa shape index (κ1) is 10.2. The van der Waals surface area contributed by atoms with Gasteiger partial charge in [0.2, 0.25) is 0 Å². The van der Waals surface area contributed by atoms with Gasteiger partial charge < -0.3 is 4.42 Å². The van der Waals surface area contributed by atoms with E-state index in [-0.39, 0.29) is 5.78 Å². The van der Waals surface area contributed by atoms with Crippen LogP contribution < -0.4 is 0 Å². The molecule has 2 rings (SSSR count). The maximum absolute atomic E-state index is 11.2. The monoisotopic (exact) mass is 204 g/mol. The van der Waals surface area contributed by atoms with Crippen LogP contribution in [0.3, 0.4) is 0 Å². The molecule has 0 bridgehead atoms. The Labute approximate surface area is 90.0 Å². The molecule has 0 N–H and O–H groups in total. The summed E-state index contributed by atoms with van der Waals surface area (Å²) in [5.41, 5.74) is 0. The third-order valence-electron chi connectivity index (χ3n) is 2.89. The molecule has 1 aromatic heterocycles. The number of hydrogen-bond acceptors (Lipinski definition) is 2. The van der Waals surface area contributed by atoms with Gasteiger partial charge in [-0.25, -0.2) is 0 Å². The highest BCUT2D eigenvalue weighted by atomic mass is 16.3. The van der Waals surface area contributed by atoms with Crippen LogP contribution in [-0.4, -0.2) is 5.78 Å². The highest BCUT2D eigenvalue weighted by molar-refractivity contribution is 5.89. The second kappa shape index (κ2) is 4.96. The van der Waals surface area contributed by atoms with Gasteiger partial charge in [-0.15, -0.1) is 0 Å². The van der Waals surface area contributed by atoms with E-state index in [1.807, 2.05) is 12.1 Å². The molecular formula is C13H16O2. The van der Waals surface area contributed by atoms with Crippen LogP contribution in [0.15, 0.2) is 35.0 Å². The van der Waals surface area contributed by atoms with Gasteiger partial charge in [0.1, 0.15) is 5.76 Å². The Morgan fingerprint density at radius 3 is 3.20 bits per heavy atom. The van der Waals surface area contributed by atoms with E-state index in [4.69, 9.17) is 4.42 Å². The van der Waals surface area contributed by atoms with Crippen molar-refractivity contribution in [3.05, 3.63) is 36.3 Å². The molecule has 1 aromatic rings. The number of furan rings is 1. The standard InChI is InChI=1S/C13H16O2/c14-12-4-1-3-11(6-8-12)7-9-13-5-2-10-15-13/h2,5-6,8,10-11H,1,3-4,7,9H2. The zero-order chi connectivity index (χ0) is 10.5. The maximum atomic E-state index is 11.2. The predicted molar refractivity (Wildman–Crippen MR) is 58.5 cm³/mol. The van der Waals surface area contributed by atoms with Crippen molar-refractivity contribution < 1.29 is 9.21 Å². The Kier molecular flexibility index (Phi) is 3.38. The van der Waals surface area contributed by atoms with Crippen LogP contribution >= 0.6 is 0 Å². The molecule has 80 valence electrons. The van der Waals surface area contributed by atoms with E-state index < -0.39 is 0 Å². The number of ketones is 1. The molecule has 0 radical (unpaired) electrons. The van der Waals surface area contributed by atoms with Crippen molar-refractivity contribution in [1.82, 2.24) is 0 Å². The predicted octanol–water partition coefficient (Wildman–Crippen LogP) is 3.14. The molecular weight excluding hydrogens is 188 g/mol. The summed E-state index contributed by atoms with van der Waals surface area (Å²) in [6, 6.07) is 3.92. The van der Waals surface area contributed by atoms with Crippen molar-refractivity contribution in [2.24, 2.45) is 5.92 Å². The second-order valence-electron chi connectivity index (χ2n) is 4.10. The molecule has 0 saturated carbocycles. The van der Waals surface area contributed by atoms with E-state index in [1.54, 1.807) is 12.3 Å². The van der Waals surface area contributed by atoms with E-state index >= 15 is 0 Å². The van der Waals surface area contributed by atoms with Crippen molar-refractivity contribution in [3.63, 3.8) is 0 Å². The smallest absolute Gasteiger partial charge is 0.155 e. The van der Waals surface area contributed by atoms with Gasteiger partial charge in [0.05, 0.1) is 6.26 Å². The second-order valence-corrected chi connectivity index (χ2v) is 4.10. The van der Waals surface area contributed by atoms with Crippen molar-refractivity contribution >= 4 is 5.78 Å². The SMILES string of the molecule is O=C1C=CC(CCc2ccco2)CCC1. The topological polar surface area (TPSA) is 30.2 Å². The van der Waals surface area contributed by atoms with Crippen molar-refractivity contribution in [1.29, 1.82) is 0 Å². The van der Waals surface area contributed by atoms with E-state index in [2.05, 4.69) is 6.08 Å². The highest BCUT2D eigenvalue weighted by Crippen LogP contribution is 2.20. The van der Waals surface area contributed by atoms with Crippen LogP contribution in [0.2, 0.25) is 0 Å². The fourth-order valence-corrected chi connectivity index (χ4v) is 1.98. The van der Waals surface area contributed by atoms with Crippen molar-refractivity contribution in [2.45, 2.75) is 32.1 Å². The summed E-state index contributed by atoms with van der Waals surface area (Å²) in [4.78, 5) is 11.2. The third kappa shape index (κ3) is 3.08. The molecule has 0 fully saturated rings. The lowest BCUT2D eigenvalue weighted by Crippen LogP contribution is -1.97. The van der Waals surface area contributed by atoms with Gasteiger partial charge >= 0.3 is 0 Å². The quantitative estimate of drug-likeness (QED) is 0.757. The van der Waals surface area contributed by atoms with Gasteiger partial charge in [-0.1, -0.05) is 6.08 Å². The Bertz CT molecular complexity index is 335. The van der Waals surface area contributed by atoms with Gasteiger partial charge in [0, 0.05) is 12.8 Å². The van der Waals surface area contributed by atoms with Crippen molar-refractivity contribution in [2.75, 3.05) is 0 Å². The van der Waals surface area contributed by atoms with Gasteiger partial charge in [-0.05, 0) is 43.4 Å². The van der Waals surface area contributed by atoms with Crippen LogP contribution in [0, 0.1) is 5.92 Å². The molecule has 1 unspecified atom stereocenters. The fraction of sp³-hybridized carbons (Fsp3) is 0.462. The van der Waals surface area contributed by atoms with Crippen LogP contribution in [0.4, 0.5) is 0 Å². The third-order valence-corrected chi connectivity index (χ3v) is 2.89. The lowest BCUT2D eigenvalue weighted by Gasteiger charge is -2.08. The van der Waals surface area contributed by atoms with Gasteiger partial charge in [-0.2, -0.15) is 0 Å². The molecule has 15 heavy (non-hydrogen) atoms. The summed E-state index contributed by atoms with van der Waals surface area (Å²) in [6.45, 7) is 0. The average molecular weight is 204 g/mol. The Hall–Kier alpha value is -1.31. The first-order valence-corrected chi connectivity index (χ1v) is 5.58. The molecule has 0 aliphatic heterocycles. The zero-order valence-electron chi connectivity index (χ0n) is 8.82. The Morgan fingerprint density at radius 2 is 2.40 bits per heavy atom. The molecule has 2 nitrogen and oxygen atoms in total. The number of hydrogen-bond donors (Lipinski definition) is 0. The minimum absolute atomic E-state index is 0.274. The lowest BCUT2D eigenvalue weighted by molar-refractivity contribution is -0.114. The Morgan fingerprint density at radius 1 is 1.47 bits per heavy atom. The summed E-state index contributed by atoms with van der Waals surface area (Å²) in [6.07, 6.45) is 10.4. The van der Waals surface area contributed by atoms with Gasteiger partial charge in [0.15, 0.2) is 5.78 Å². The molecule has 0 spiro atoms.